The molecular weight excluding hydrogens is 328 g/mol. The van der Waals surface area contributed by atoms with Crippen molar-refractivity contribution in [2.45, 2.75) is 37.8 Å². The molecule has 0 aliphatic carbocycles. The molecule has 7 heteroatoms. The van der Waals surface area contributed by atoms with Crippen LogP contribution >= 0.6 is 11.6 Å². The van der Waals surface area contributed by atoms with Crippen molar-refractivity contribution in [3.8, 4) is 0 Å². The SMILES string of the molecule is CC1(NC(=O)NC2CC(=O)N(c3ccccc3Cl)C2)CCNCC1. The van der Waals surface area contributed by atoms with Gasteiger partial charge < -0.3 is 20.9 Å². The van der Waals surface area contributed by atoms with Gasteiger partial charge in [-0.05, 0) is 45.0 Å². The first-order valence-corrected chi connectivity index (χ1v) is 8.69. The van der Waals surface area contributed by atoms with Crippen LogP contribution in [0.5, 0.6) is 0 Å². The molecule has 2 aliphatic heterocycles. The number of carbonyl (C=O) groups excluding carboxylic acids is 2. The molecule has 3 amide bonds. The Morgan fingerprint density at radius 1 is 1.33 bits per heavy atom. The third kappa shape index (κ3) is 3.82. The summed E-state index contributed by atoms with van der Waals surface area (Å²) in [7, 11) is 0. The van der Waals surface area contributed by atoms with E-state index in [1.165, 1.54) is 0 Å². The molecule has 2 aliphatic rings. The van der Waals surface area contributed by atoms with Crippen LogP contribution in [0, 0.1) is 0 Å². The average molecular weight is 351 g/mol. The van der Waals surface area contributed by atoms with Gasteiger partial charge in [0.25, 0.3) is 0 Å². The van der Waals surface area contributed by atoms with Crippen molar-refractivity contribution in [1.82, 2.24) is 16.0 Å². The number of nitrogens with one attached hydrogen (secondary N) is 3. The molecule has 6 nitrogen and oxygen atoms in total. The third-order valence-corrected chi connectivity index (χ3v) is 5.05. The Balaban J connectivity index is 1.58. The predicted molar refractivity (Wildman–Crippen MR) is 94.4 cm³/mol. The Hall–Kier alpha value is -1.79. The summed E-state index contributed by atoms with van der Waals surface area (Å²) in [4.78, 5) is 26.2. The van der Waals surface area contributed by atoms with Gasteiger partial charge >= 0.3 is 6.03 Å². The fourth-order valence-corrected chi connectivity index (χ4v) is 3.54. The molecule has 0 radical (unpaired) electrons. The summed E-state index contributed by atoms with van der Waals surface area (Å²) < 4.78 is 0. The summed E-state index contributed by atoms with van der Waals surface area (Å²) in [6, 6.07) is 6.83. The number of amides is 3. The smallest absolute Gasteiger partial charge is 0.315 e. The minimum absolute atomic E-state index is 0.0264. The number of para-hydroxylation sites is 1. The van der Waals surface area contributed by atoms with Crippen molar-refractivity contribution in [3.63, 3.8) is 0 Å². The van der Waals surface area contributed by atoms with Crippen LogP contribution in [0.3, 0.4) is 0 Å². The van der Waals surface area contributed by atoms with E-state index in [2.05, 4.69) is 22.9 Å². The van der Waals surface area contributed by atoms with Gasteiger partial charge in [-0.3, -0.25) is 4.79 Å². The molecule has 130 valence electrons. The molecule has 2 heterocycles. The highest BCUT2D eigenvalue weighted by Gasteiger charge is 2.34. The Morgan fingerprint density at radius 2 is 2.04 bits per heavy atom. The van der Waals surface area contributed by atoms with Gasteiger partial charge in [-0.1, -0.05) is 23.7 Å². The largest absolute Gasteiger partial charge is 0.333 e. The van der Waals surface area contributed by atoms with E-state index in [1.807, 2.05) is 18.2 Å². The summed E-state index contributed by atoms with van der Waals surface area (Å²) in [5.41, 5.74) is 0.500. The van der Waals surface area contributed by atoms with Crippen molar-refractivity contribution in [2.24, 2.45) is 0 Å². The summed E-state index contributed by atoms with van der Waals surface area (Å²) in [5, 5.41) is 9.81. The minimum atomic E-state index is -0.210. The summed E-state index contributed by atoms with van der Waals surface area (Å²) in [5.74, 6) is -0.0264. The molecule has 24 heavy (non-hydrogen) atoms. The molecule has 0 spiro atoms. The summed E-state index contributed by atoms with van der Waals surface area (Å²) >= 11 is 6.17. The zero-order chi connectivity index (χ0) is 17.2. The van der Waals surface area contributed by atoms with Gasteiger partial charge in [0.1, 0.15) is 0 Å². The zero-order valence-electron chi connectivity index (χ0n) is 13.8. The molecule has 1 aromatic rings. The number of hydrogen-bond donors (Lipinski definition) is 3. The van der Waals surface area contributed by atoms with Crippen molar-refractivity contribution in [3.05, 3.63) is 29.3 Å². The fourth-order valence-electron chi connectivity index (χ4n) is 3.31. The Bertz CT molecular complexity index is 631. The van der Waals surface area contributed by atoms with E-state index < -0.39 is 0 Å². The monoisotopic (exact) mass is 350 g/mol. The number of piperidine rings is 1. The third-order valence-electron chi connectivity index (χ3n) is 4.73. The van der Waals surface area contributed by atoms with Crippen LogP contribution in [0.25, 0.3) is 0 Å². The Kier molecular flexibility index (Phi) is 4.96. The van der Waals surface area contributed by atoms with Crippen LogP contribution in [0.15, 0.2) is 24.3 Å². The van der Waals surface area contributed by atoms with Gasteiger partial charge in [-0.2, -0.15) is 0 Å². The van der Waals surface area contributed by atoms with Gasteiger partial charge in [0, 0.05) is 18.5 Å². The van der Waals surface area contributed by atoms with Crippen molar-refractivity contribution >= 4 is 29.2 Å². The highest BCUT2D eigenvalue weighted by Crippen LogP contribution is 2.29. The maximum atomic E-state index is 12.3. The van der Waals surface area contributed by atoms with Crippen LogP contribution < -0.4 is 20.9 Å². The lowest BCUT2D eigenvalue weighted by Gasteiger charge is -2.35. The first kappa shape index (κ1) is 17.0. The highest BCUT2D eigenvalue weighted by atomic mass is 35.5. The van der Waals surface area contributed by atoms with E-state index >= 15 is 0 Å². The van der Waals surface area contributed by atoms with Crippen LogP contribution in [0.1, 0.15) is 26.2 Å². The second-order valence-electron chi connectivity index (χ2n) is 6.77. The first-order chi connectivity index (χ1) is 11.5. The van der Waals surface area contributed by atoms with E-state index in [0.717, 1.165) is 25.9 Å². The van der Waals surface area contributed by atoms with Gasteiger partial charge in [0.15, 0.2) is 0 Å². The summed E-state index contributed by atoms with van der Waals surface area (Å²) in [6.45, 7) is 4.30. The normalized spacial score (nSPS) is 23.2. The number of carbonyl (C=O) groups is 2. The maximum absolute atomic E-state index is 12.3. The quantitative estimate of drug-likeness (QED) is 0.779. The minimum Gasteiger partial charge on any atom is -0.333 e. The van der Waals surface area contributed by atoms with E-state index in [4.69, 9.17) is 11.6 Å². The molecule has 3 N–H and O–H groups in total. The number of hydrogen-bond acceptors (Lipinski definition) is 3. The van der Waals surface area contributed by atoms with E-state index in [1.54, 1.807) is 11.0 Å². The van der Waals surface area contributed by atoms with Crippen LogP contribution in [0.2, 0.25) is 5.02 Å². The van der Waals surface area contributed by atoms with Crippen molar-refractivity contribution < 1.29 is 9.59 Å². The number of nitrogens with zero attached hydrogens (tertiary/aromatic N) is 1. The Labute approximate surface area is 146 Å². The molecule has 1 aromatic carbocycles. The number of anilines is 1. The standard InChI is InChI=1S/C17H23ClN4O2/c1-17(6-8-19-9-7-17)21-16(24)20-12-10-15(23)22(11-12)14-5-3-2-4-13(14)18/h2-5,12,19H,6-11H2,1H3,(H2,20,21,24). The van der Waals surface area contributed by atoms with Gasteiger partial charge in [0.05, 0.1) is 16.8 Å². The van der Waals surface area contributed by atoms with Gasteiger partial charge in [-0.15, -0.1) is 0 Å². The van der Waals surface area contributed by atoms with Gasteiger partial charge in [-0.25, -0.2) is 4.79 Å². The van der Waals surface area contributed by atoms with Crippen molar-refractivity contribution in [1.29, 1.82) is 0 Å². The molecule has 2 saturated heterocycles. The fraction of sp³-hybridized carbons (Fsp3) is 0.529. The van der Waals surface area contributed by atoms with E-state index in [-0.39, 0.29) is 29.9 Å². The number of rotatable bonds is 3. The topological polar surface area (TPSA) is 73.5 Å². The highest BCUT2D eigenvalue weighted by molar-refractivity contribution is 6.33. The second kappa shape index (κ2) is 6.99. The molecule has 0 bridgehead atoms. The lowest BCUT2D eigenvalue weighted by Crippen LogP contribution is -2.56. The molecule has 0 aromatic heterocycles. The second-order valence-corrected chi connectivity index (χ2v) is 7.17. The molecule has 1 unspecified atom stereocenters. The Morgan fingerprint density at radius 3 is 2.75 bits per heavy atom. The molecule has 1 atom stereocenters. The summed E-state index contributed by atoms with van der Waals surface area (Å²) in [6.07, 6.45) is 2.09. The van der Waals surface area contributed by atoms with E-state index in [9.17, 15) is 9.59 Å². The molecule has 3 rings (SSSR count). The van der Waals surface area contributed by atoms with E-state index in [0.29, 0.717) is 17.3 Å². The number of halogens is 1. The van der Waals surface area contributed by atoms with Crippen molar-refractivity contribution in [2.75, 3.05) is 24.5 Å². The predicted octanol–water partition coefficient (Wildman–Crippen LogP) is 1.89. The number of benzene rings is 1. The lowest BCUT2D eigenvalue weighted by molar-refractivity contribution is -0.117. The van der Waals surface area contributed by atoms with Crippen LogP contribution in [-0.2, 0) is 4.79 Å². The zero-order valence-corrected chi connectivity index (χ0v) is 14.5. The average Bonchev–Trinajstić information content (AvgIpc) is 2.88. The molecular formula is C17H23ClN4O2. The maximum Gasteiger partial charge on any atom is 0.315 e. The van der Waals surface area contributed by atoms with Gasteiger partial charge in [0.2, 0.25) is 5.91 Å². The molecule has 0 saturated carbocycles. The number of urea groups is 1. The first-order valence-electron chi connectivity index (χ1n) is 8.31. The van der Waals surface area contributed by atoms with Crippen LogP contribution in [0.4, 0.5) is 10.5 Å². The van der Waals surface area contributed by atoms with Crippen LogP contribution in [-0.4, -0.2) is 43.2 Å². The molecule has 2 fully saturated rings. The lowest BCUT2D eigenvalue weighted by atomic mass is 9.91.